The molecule has 1 aromatic carbocycles. The largest absolute Gasteiger partial charge is 0.466 e. The van der Waals surface area contributed by atoms with E-state index in [-0.39, 0.29) is 26.1 Å². The van der Waals surface area contributed by atoms with Gasteiger partial charge in [-0.25, -0.2) is 4.79 Å². The molecule has 0 saturated heterocycles. The number of aryl methyl sites for hydroxylation is 2. The van der Waals surface area contributed by atoms with Crippen LogP contribution in [-0.2, 0) is 28.7 Å². The van der Waals surface area contributed by atoms with Crippen LogP contribution in [0.3, 0.4) is 0 Å². The van der Waals surface area contributed by atoms with E-state index in [4.69, 9.17) is 15.2 Å². The third-order valence-corrected chi connectivity index (χ3v) is 6.52. The molecule has 0 radical (unpaired) electrons. The van der Waals surface area contributed by atoms with Gasteiger partial charge < -0.3 is 30.7 Å². The van der Waals surface area contributed by atoms with E-state index in [2.05, 4.69) is 17.6 Å². The Morgan fingerprint density at radius 3 is 2.21 bits per heavy atom. The SMILES string of the molecule is CCCCCCCN(C(=O)C(CC(N)=O)NC(=O)OC(C)(C)C)C(C(=O)NCCC(=O)OCC)c1ccc(C)c(C)c1. The molecule has 11 heteroatoms. The first-order valence-electron chi connectivity index (χ1n) is 14.8. The van der Waals surface area contributed by atoms with Gasteiger partial charge in [0.05, 0.1) is 19.4 Å². The maximum Gasteiger partial charge on any atom is 0.408 e. The van der Waals surface area contributed by atoms with Gasteiger partial charge in [0.25, 0.3) is 0 Å². The number of ether oxygens (including phenoxy) is 2. The first-order valence-corrected chi connectivity index (χ1v) is 14.8. The van der Waals surface area contributed by atoms with Crippen LogP contribution in [0.15, 0.2) is 18.2 Å². The van der Waals surface area contributed by atoms with Crippen molar-refractivity contribution in [1.29, 1.82) is 0 Å². The zero-order valence-electron chi connectivity index (χ0n) is 26.3. The molecule has 0 aliphatic heterocycles. The molecule has 42 heavy (non-hydrogen) atoms. The van der Waals surface area contributed by atoms with Crippen LogP contribution in [0, 0.1) is 13.8 Å². The predicted molar refractivity (Wildman–Crippen MR) is 160 cm³/mol. The first kappa shape index (κ1) is 36.4. The Bertz CT molecular complexity index is 1070. The van der Waals surface area contributed by atoms with Crippen molar-refractivity contribution < 1.29 is 33.4 Å². The fourth-order valence-electron chi connectivity index (χ4n) is 4.33. The number of nitrogens with two attached hydrogens (primary N) is 1. The number of rotatable bonds is 17. The molecular weight excluding hydrogens is 540 g/mol. The number of amides is 4. The summed E-state index contributed by atoms with van der Waals surface area (Å²) in [6.45, 7) is 13.1. The number of carbonyl (C=O) groups excluding carboxylic acids is 5. The van der Waals surface area contributed by atoms with Crippen molar-refractivity contribution >= 4 is 29.8 Å². The standard InChI is InChI=1S/C31H50N4O7/c1-8-10-11-12-13-18-35(29(39)24(20-25(32)36)34-30(40)42-31(5,6)7)27(23-15-14-21(3)22(4)19-23)28(38)33-17-16-26(37)41-9-2/h14-15,19,24,27H,8-13,16-18,20H2,1-7H3,(H2,32,36)(H,33,38)(H,34,40). The lowest BCUT2D eigenvalue weighted by molar-refractivity contribution is -0.144. The topological polar surface area (TPSA) is 157 Å². The molecule has 0 bridgehead atoms. The summed E-state index contributed by atoms with van der Waals surface area (Å²) in [5.74, 6) is -2.39. The van der Waals surface area contributed by atoms with Gasteiger partial charge in [-0.15, -0.1) is 0 Å². The molecule has 0 aliphatic carbocycles. The van der Waals surface area contributed by atoms with Crippen molar-refractivity contribution in [3.63, 3.8) is 0 Å². The minimum Gasteiger partial charge on any atom is -0.466 e. The van der Waals surface area contributed by atoms with Crippen LogP contribution in [0.2, 0.25) is 0 Å². The number of carbonyl (C=O) groups is 5. The van der Waals surface area contributed by atoms with Crippen LogP contribution in [0.5, 0.6) is 0 Å². The van der Waals surface area contributed by atoms with Gasteiger partial charge in [0.2, 0.25) is 17.7 Å². The number of benzene rings is 1. The summed E-state index contributed by atoms with van der Waals surface area (Å²) in [6.07, 6.45) is 3.06. The molecule has 11 nitrogen and oxygen atoms in total. The second-order valence-electron chi connectivity index (χ2n) is 11.4. The van der Waals surface area contributed by atoms with E-state index in [1.54, 1.807) is 33.8 Å². The van der Waals surface area contributed by atoms with E-state index in [9.17, 15) is 24.0 Å². The van der Waals surface area contributed by atoms with Crippen LogP contribution in [0.1, 0.15) is 102 Å². The molecule has 1 aromatic rings. The van der Waals surface area contributed by atoms with Gasteiger partial charge in [0.1, 0.15) is 17.7 Å². The lowest BCUT2D eigenvalue weighted by Gasteiger charge is -2.34. The number of nitrogens with zero attached hydrogens (tertiary/aromatic N) is 1. The highest BCUT2D eigenvalue weighted by Crippen LogP contribution is 2.26. The second-order valence-corrected chi connectivity index (χ2v) is 11.4. The number of alkyl carbamates (subject to hydrolysis) is 1. The highest BCUT2D eigenvalue weighted by Gasteiger charge is 2.37. The second kappa shape index (κ2) is 18.0. The van der Waals surface area contributed by atoms with Gasteiger partial charge in [-0.05, 0) is 64.7 Å². The Morgan fingerprint density at radius 1 is 0.976 bits per heavy atom. The van der Waals surface area contributed by atoms with Crippen LogP contribution >= 0.6 is 0 Å². The van der Waals surface area contributed by atoms with Crippen molar-refractivity contribution in [3.8, 4) is 0 Å². The Labute approximate surface area is 250 Å². The average molecular weight is 591 g/mol. The smallest absolute Gasteiger partial charge is 0.408 e. The molecule has 0 heterocycles. The fourth-order valence-corrected chi connectivity index (χ4v) is 4.33. The van der Waals surface area contributed by atoms with Gasteiger partial charge in [-0.2, -0.15) is 0 Å². The summed E-state index contributed by atoms with van der Waals surface area (Å²) < 4.78 is 10.3. The molecule has 0 fully saturated rings. The van der Waals surface area contributed by atoms with Crippen LogP contribution in [0.25, 0.3) is 0 Å². The highest BCUT2D eigenvalue weighted by molar-refractivity contribution is 5.94. The third-order valence-electron chi connectivity index (χ3n) is 6.52. The van der Waals surface area contributed by atoms with Crippen molar-refractivity contribution in [2.75, 3.05) is 19.7 Å². The highest BCUT2D eigenvalue weighted by atomic mass is 16.6. The summed E-state index contributed by atoms with van der Waals surface area (Å²) >= 11 is 0. The van der Waals surface area contributed by atoms with Gasteiger partial charge in [0.15, 0.2) is 0 Å². The normalized spacial score (nSPS) is 12.5. The van der Waals surface area contributed by atoms with Crippen LogP contribution in [-0.4, -0.2) is 66.0 Å². The van der Waals surface area contributed by atoms with Gasteiger partial charge in [0, 0.05) is 13.1 Å². The molecule has 1 rings (SSSR count). The quantitative estimate of drug-likeness (QED) is 0.183. The Kier molecular flexibility index (Phi) is 15.6. The number of nitrogens with one attached hydrogen (secondary N) is 2. The molecule has 4 N–H and O–H groups in total. The Hall–Kier alpha value is -3.63. The van der Waals surface area contributed by atoms with Crippen molar-refractivity contribution in [3.05, 3.63) is 34.9 Å². The molecule has 2 unspecified atom stereocenters. The van der Waals surface area contributed by atoms with E-state index < -0.39 is 53.9 Å². The minimum atomic E-state index is -1.35. The maximum atomic E-state index is 14.1. The van der Waals surface area contributed by atoms with Crippen molar-refractivity contribution in [1.82, 2.24) is 15.5 Å². The van der Waals surface area contributed by atoms with E-state index in [0.29, 0.717) is 12.0 Å². The number of primary amides is 1. The Morgan fingerprint density at radius 2 is 1.64 bits per heavy atom. The molecule has 0 saturated carbocycles. The number of hydrogen-bond acceptors (Lipinski definition) is 7. The maximum absolute atomic E-state index is 14.1. The molecule has 0 aliphatic rings. The third kappa shape index (κ3) is 13.4. The monoisotopic (exact) mass is 590 g/mol. The van der Waals surface area contributed by atoms with Crippen molar-refractivity contribution in [2.45, 2.75) is 111 Å². The summed E-state index contributed by atoms with van der Waals surface area (Å²) in [5, 5.41) is 5.25. The summed E-state index contributed by atoms with van der Waals surface area (Å²) in [5.41, 5.74) is 7.12. The summed E-state index contributed by atoms with van der Waals surface area (Å²) in [6, 6.07) is 3.04. The number of unbranched alkanes of at least 4 members (excludes halogenated alkanes) is 4. The van der Waals surface area contributed by atoms with Crippen molar-refractivity contribution in [2.24, 2.45) is 5.73 Å². The van der Waals surface area contributed by atoms with E-state index in [0.717, 1.165) is 36.8 Å². The average Bonchev–Trinajstić information content (AvgIpc) is 2.87. The summed E-state index contributed by atoms with van der Waals surface area (Å²) in [4.78, 5) is 65.8. The number of esters is 1. The Balaban J connectivity index is 3.50. The zero-order chi connectivity index (χ0) is 31.9. The van der Waals surface area contributed by atoms with E-state index in [1.807, 2.05) is 26.0 Å². The molecule has 236 valence electrons. The lowest BCUT2D eigenvalue weighted by Crippen LogP contribution is -2.54. The molecule has 0 spiro atoms. The lowest BCUT2D eigenvalue weighted by atomic mass is 9.97. The zero-order valence-corrected chi connectivity index (χ0v) is 26.3. The van der Waals surface area contributed by atoms with E-state index in [1.165, 1.54) is 4.90 Å². The minimum absolute atomic E-state index is 0.0123. The van der Waals surface area contributed by atoms with Gasteiger partial charge in [-0.3, -0.25) is 19.2 Å². The molecule has 2 atom stereocenters. The fraction of sp³-hybridized carbons (Fsp3) is 0.645. The number of hydrogen-bond donors (Lipinski definition) is 3. The molecule has 0 aromatic heterocycles. The van der Waals surface area contributed by atoms with Gasteiger partial charge >= 0.3 is 12.1 Å². The van der Waals surface area contributed by atoms with E-state index >= 15 is 0 Å². The van der Waals surface area contributed by atoms with Crippen LogP contribution in [0.4, 0.5) is 4.79 Å². The predicted octanol–water partition coefficient (Wildman–Crippen LogP) is 3.98. The summed E-state index contributed by atoms with van der Waals surface area (Å²) in [7, 11) is 0. The molecule has 4 amide bonds. The molecular formula is C31H50N4O7. The van der Waals surface area contributed by atoms with Crippen LogP contribution < -0.4 is 16.4 Å². The first-order chi connectivity index (χ1) is 19.7. The van der Waals surface area contributed by atoms with Gasteiger partial charge in [-0.1, -0.05) is 50.8 Å².